The Hall–Kier alpha value is -0.0800. The second-order valence-corrected chi connectivity index (χ2v) is 6.24. The van der Waals surface area contributed by atoms with Crippen LogP contribution in [0.3, 0.4) is 0 Å². The normalized spacial score (nSPS) is 30.8. The molecule has 1 unspecified atom stereocenters. The van der Waals surface area contributed by atoms with Crippen LogP contribution >= 0.6 is 0 Å². The lowest BCUT2D eigenvalue weighted by Crippen LogP contribution is -2.42. The second-order valence-electron chi connectivity index (χ2n) is 6.24. The van der Waals surface area contributed by atoms with Gasteiger partial charge in [-0.15, -0.1) is 0 Å². The summed E-state index contributed by atoms with van der Waals surface area (Å²) in [6.07, 6.45) is 6.97. The predicted octanol–water partition coefficient (Wildman–Crippen LogP) is 2.50. The molecule has 2 heteroatoms. The van der Waals surface area contributed by atoms with Gasteiger partial charge in [-0.1, -0.05) is 20.3 Å². The van der Waals surface area contributed by atoms with E-state index in [0.717, 1.165) is 5.92 Å². The number of rotatable bonds is 4. The first-order chi connectivity index (χ1) is 7.72. The maximum Gasteiger partial charge on any atom is 0.00364 e. The minimum atomic E-state index is 0.590. The Morgan fingerprint density at radius 2 is 2.06 bits per heavy atom. The molecule has 0 aromatic rings. The van der Waals surface area contributed by atoms with Crippen molar-refractivity contribution >= 4 is 0 Å². The zero-order valence-corrected chi connectivity index (χ0v) is 11.1. The van der Waals surface area contributed by atoms with Gasteiger partial charge >= 0.3 is 0 Å². The topological polar surface area (TPSA) is 15.3 Å². The third kappa shape index (κ3) is 3.21. The molecular formula is C14H28N2. The molecule has 16 heavy (non-hydrogen) atoms. The average Bonchev–Trinajstić information content (AvgIpc) is 2.66. The maximum absolute atomic E-state index is 3.48. The van der Waals surface area contributed by atoms with Crippen LogP contribution < -0.4 is 5.32 Å². The molecule has 0 amide bonds. The highest BCUT2D eigenvalue weighted by molar-refractivity contribution is 4.86. The largest absolute Gasteiger partial charge is 0.317 e. The molecule has 2 heterocycles. The molecule has 2 rings (SSSR count). The van der Waals surface area contributed by atoms with Crippen molar-refractivity contribution in [3.63, 3.8) is 0 Å². The number of hydrogen-bond donors (Lipinski definition) is 1. The first-order valence-corrected chi connectivity index (χ1v) is 7.15. The smallest absolute Gasteiger partial charge is 0.00364 e. The summed E-state index contributed by atoms with van der Waals surface area (Å²) < 4.78 is 0. The zero-order valence-electron chi connectivity index (χ0n) is 11.1. The highest BCUT2D eigenvalue weighted by Crippen LogP contribution is 2.31. The fourth-order valence-electron chi connectivity index (χ4n) is 3.43. The van der Waals surface area contributed by atoms with E-state index in [0.29, 0.717) is 5.41 Å². The Labute approximate surface area is 101 Å². The van der Waals surface area contributed by atoms with Gasteiger partial charge in [0.2, 0.25) is 0 Å². The fraction of sp³-hybridized carbons (Fsp3) is 1.00. The van der Waals surface area contributed by atoms with Crippen LogP contribution in [-0.4, -0.2) is 37.6 Å². The second kappa shape index (κ2) is 5.50. The number of piperidine rings is 1. The zero-order chi connectivity index (χ0) is 11.4. The molecule has 0 saturated carbocycles. The van der Waals surface area contributed by atoms with E-state index in [-0.39, 0.29) is 0 Å². The molecule has 2 aliphatic rings. The third-order valence-corrected chi connectivity index (χ3v) is 4.48. The molecule has 1 N–H and O–H groups in total. The maximum atomic E-state index is 3.48. The Morgan fingerprint density at radius 3 is 2.75 bits per heavy atom. The summed E-state index contributed by atoms with van der Waals surface area (Å²) in [6.45, 7) is 11.3. The molecule has 0 spiro atoms. The minimum absolute atomic E-state index is 0.590. The van der Waals surface area contributed by atoms with E-state index in [1.165, 1.54) is 64.8 Å². The van der Waals surface area contributed by atoms with Gasteiger partial charge in [-0.2, -0.15) is 0 Å². The Balaban J connectivity index is 1.77. The van der Waals surface area contributed by atoms with Crippen LogP contribution in [0.15, 0.2) is 0 Å². The number of nitrogens with zero attached hydrogens (tertiary/aromatic N) is 1. The summed E-state index contributed by atoms with van der Waals surface area (Å²) in [5.74, 6) is 0.996. The number of likely N-dealkylation sites (tertiary alicyclic amines) is 1. The van der Waals surface area contributed by atoms with E-state index in [1.54, 1.807) is 0 Å². The van der Waals surface area contributed by atoms with Crippen LogP contribution in [0.25, 0.3) is 0 Å². The summed E-state index contributed by atoms with van der Waals surface area (Å²) in [6, 6.07) is 0. The van der Waals surface area contributed by atoms with Crippen LogP contribution in [0.5, 0.6) is 0 Å². The van der Waals surface area contributed by atoms with E-state index in [1.807, 2.05) is 0 Å². The average molecular weight is 224 g/mol. The van der Waals surface area contributed by atoms with Crippen molar-refractivity contribution in [1.82, 2.24) is 10.2 Å². The van der Waals surface area contributed by atoms with E-state index >= 15 is 0 Å². The minimum Gasteiger partial charge on any atom is -0.317 e. The van der Waals surface area contributed by atoms with Gasteiger partial charge in [0.05, 0.1) is 0 Å². The summed E-state index contributed by atoms with van der Waals surface area (Å²) in [5.41, 5.74) is 0.590. The first kappa shape index (κ1) is 12.4. The van der Waals surface area contributed by atoms with Gasteiger partial charge in [0.15, 0.2) is 0 Å². The molecule has 0 bridgehead atoms. The molecule has 2 saturated heterocycles. The molecule has 2 fully saturated rings. The molecule has 0 aromatic carbocycles. The van der Waals surface area contributed by atoms with Crippen LogP contribution in [0, 0.1) is 11.3 Å². The van der Waals surface area contributed by atoms with Crippen molar-refractivity contribution in [2.75, 3.05) is 32.7 Å². The third-order valence-electron chi connectivity index (χ3n) is 4.48. The van der Waals surface area contributed by atoms with E-state index in [9.17, 15) is 0 Å². The van der Waals surface area contributed by atoms with Crippen molar-refractivity contribution in [3.05, 3.63) is 0 Å². The van der Waals surface area contributed by atoms with Crippen LogP contribution in [0.2, 0.25) is 0 Å². The van der Waals surface area contributed by atoms with Crippen molar-refractivity contribution in [2.24, 2.45) is 11.3 Å². The Kier molecular flexibility index (Phi) is 4.26. The first-order valence-electron chi connectivity index (χ1n) is 7.15. The molecule has 2 nitrogen and oxygen atoms in total. The molecule has 2 aliphatic heterocycles. The summed E-state index contributed by atoms with van der Waals surface area (Å²) in [4.78, 5) is 2.73. The summed E-state index contributed by atoms with van der Waals surface area (Å²) >= 11 is 0. The summed E-state index contributed by atoms with van der Waals surface area (Å²) in [7, 11) is 0. The van der Waals surface area contributed by atoms with Gasteiger partial charge in [0.25, 0.3) is 0 Å². The lowest BCUT2D eigenvalue weighted by atomic mass is 9.80. The van der Waals surface area contributed by atoms with Crippen LogP contribution in [0.4, 0.5) is 0 Å². The SMILES string of the molecule is CCCC1CCN(CC2(C)CCNCC2)C1. The lowest BCUT2D eigenvalue weighted by molar-refractivity contribution is 0.143. The molecular weight excluding hydrogens is 196 g/mol. The fourth-order valence-corrected chi connectivity index (χ4v) is 3.43. The monoisotopic (exact) mass is 224 g/mol. The molecule has 0 aromatic heterocycles. The van der Waals surface area contributed by atoms with Gasteiger partial charge in [-0.05, 0) is 56.7 Å². The molecule has 1 atom stereocenters. The lowest BCUT2D eigenvalue weighted by Gasteiger charge is -2.37. The molecule has 0 radical (unpaired) electrons. The van der Waals surface area contributed by atoms with Crippen LogP contribution in [-0.2, 0) is 0 Å². The molecule has 0 aliphatic carbocycles. The standard InChI is InChI=1S/C14H28N2/c1-3-4-13-5-10-16(11-13)12-14(2)6-8-15-9-7-14/h13,15H,3-12H2,1-2H3. The van der Waals surface area contributed by atoms with Gasteiger partial charge in [-0.25, -0.2) is 0 Å². The van der Waals surface area contributed by atoms with Gasteiger partial charge in [-0.3, -0.25) is 0 Å². The van der Waals surface area contributed by atoms with E-state index in [2.05, 4.69) is 24.1 Å². The van der Waals surface area contributed by atoms with Gasteiger partial charge in [0.1, 0.15) is 0 Å². The van der Waals surface area contributed by atoms with Crippen molar-refractivity contribution in [2.45, 2.75) is 46.0 Å². The quantitative estimate of drug-likeness (QED) is 0.789. The van der Waals surface area contributed by atoms with E-state index in [4.69, 9.17) is 0 Å². The van der Waals surface area contributed by atoms with Gasteiger partial charge < -0.3 is 10.2 Å². The number of hydrogen-bond acceptors (Lipinski definition) is 2. The highest BCUT2D eigenvalue weighted by Gasteiger charge is 2.31. The van der Waals surface area contributed by atoms with E-state index < -0.39 is 0 Å². The van der Waals surface area contributed by atoms with Crippen LogP contribution in [0.1, 0.15) is 46.0 Å². The summed E-state index contributed by atoms with van der Waals surface area (Å²) in [5, 5.41) is 3.48. The van der Waals surface area contributed by atoms with Crippen molar-refractivity contribution < 1.29 is 0 Å². The Morgan fingerprint density at radius 1 is 1.31 bits per heavy atom. The predicted molar refractivity (Wildman–Crippen MR) is 69.7 cm³/mol. The Bertz CT molecular complexity index is 209. The van der Waals surface area contributed by atoms with Crippen molar-refractivity contribution in [3.8, 4) is 0 Å². The highest BCUT2D eigenvalue weighted by atomic mass is 15.2. The van der Waals surface area contributed by atoms with Crippen molar-refractivity contribution in [1.29, 1.82) is 0 Å². The van der Waals surface area contributed by atoms with Gasteiger partial charge in [0, 0.05) is 13.1 Å². The molecule has 94 valence electrons. The number of nitrogens with one attached hydrogen (secondary N) is 1.